The molecule has 0 aliphatic carbocycles. The van der Waals surface area contributed by atoms with E-state index < -0.39 is 16.7 Å². The first-order valence-corrected chi connectivity index (χ1v) is 9.05. The largest absolute Gasteiger partial charge is 0.425 e. The molecular formula is C16H19F3N4OS. The van der Waals surface area contributed by atoms with Gasteiger partial charge in [0.15, 0.2) is 0 Å². The molecule has 0 radical (unpaired) electrons. The summed E-state index contributed by atoms with van der Waals surface area (Å²) in [5, 5.41) is 11.6. The van der Waals surface area contributed by atoms with Gasteiger partial charge in [0, 0.05) is 37.0 Å². The van der Waals surface area contributed by atoms with Crippen molar-refractivity contribution in [1.82, 2.24) is 20.3 Å². The normalized spacial score (nSPS) is 29.8. The van der Waals surface area contributed by atoms with E-state index in [-0.39, 0.29) is 12.1 Å². The van der Waals surface area contributed by atoms with Gasteiger partial charge in [-0.05, 0) is 25.0 Å². The molecular weight excluding hydrogens is 353 g/mol. The number of halogens is 3. The Hall–Kier alpha value is -1.45. The SMILES string of the molecule is CC1CC2(CC(c3cn(C)nn3)N1)OCCc1sc(C(F)(F)F)cc12. The van der Waals surface area contributed by atoms with Crippen molar-refractivity contribution in [2.45, 2.75) is 50.0 Å². The molecule has 3 atom stereocenters. The molecule has 2 aliphatic heterocycles. The van der Waals surface area contributed by atoms with Gasteiger partial charge < -0.3 is 10.1 Å². The molecule has 2 aromatic heterocycles. The summed E-state index contributed by atoms with van der Waals surface area (Å²) in [5.41, 5.74) is 0.800. The topological polar surface area (TPSA) is 52.0 Å². The van der Waals surface area contributed by atoms with Crippen LogP contribution >= 0.6 is 11.3 Å². The lowest BCUT2D eigenvalue weighted by Gasteiger charge is -2.46. The summed E-state index contributed by atoms with van der Waals surface area (Å²) in [5.74, 6) is 0. The quantitative estimate of drug-likeness (QED) is 0.835. The maximum absolute atomic E-state index is 13.2. The van der Waals surface area contributed by atoms with Crippen molar-refractivity contribution in [2.24, 2.45) is 7.05 Å². The molecule has 1 saturated heterocycles. The van der Waals surface area contributed by atoms with Gasteiger partial charge in [0.1, 0.15) is 4.88 Å². The first-order chi connectivity index (χ1) is 11.8. The molecule has 0 amide bonds. The highest BCUT2D eigenvalue weighted by Crippen LogP contribution is 2.50. The standard InChI is InChI=1S/C16H19F3N4OS/c1-9-6-15(7-11(20-9)12-8-23(2)22-21-12)10-5-14(16(17,18)19)25-13(10)3-4-24-15/h5,8-9,11,20H,3-4,6-7H2,1-2H3. The summed E-state index contributed by atoms with van der Waals surface area (Å²) in [4.78, 5) is 0.259. The lowest BCUT2D eigenvalue weighted by molar-refractivity contribution is -0.134. The predicted octanol–water partition coefficient (Wildman–Crippen LogP) is 3.18. The number of fused-ring (bicyclic) bond motifs is 2. The Bertz CT molecular complexity index is 787. The molecule has 4 rings (SSSR count). The fourth-order valence-electron chi connectivity index (χ4n) is 3.98. The molecule has 1 fully saturated rings. The van der Waals surface area contributed by atoms with Crippen LogP contribution in [0.5, 0.6) is 0 Å². The third-order valence-electron chi connectivity index (χ3n) is 4.92. The van der Waals surface area contributed by atoms with Crippen LogP contribution in [0, 0.1) is 0 Å². The van der Waals surface area contributed by atoms with Crippen LogP contribution in [0.3, 0.4) is 0 Å². The summed E-state index contributed by atoms with van der Waals surface area (Å²) in [6.45, 7) is 2.48. The average molecular weight is 372 g/mol. The highest BCUT2D eigenvalue weighted by molar-refractivity contribution is 7.12. The maximum Gasteiger partial charge on any atom is 0.425 e. The van der Waals surface area contributed by atoms with Crippen molar-refractivity contribution in [3.63, 3.8) is 0 Å². The van der Waals surface area contributed by atoms with Crippen LogP contribution < -0.4 is 5.32 Å². The molecule has 136 valence electrons. The predicted molar refractivity (Wildman–Crippen MR) is 86.2 cm³/mol. The van der Waals surface area contributed by atoms with Crippen molar-refractivity contribution in [3.8, 4) is 0 Å². The molecule has 1 N–H and O–H groups in total. The van der Waals surface area contributed by atoms with Gasteiger partial charge in [0.25, 0.3) is 0 Å². The number of ether oxygens (including phenoxy) is 1. The highest BCUT2D eigenvalue weighted by atomic mass is 32.1. The zero-order valence-electron chi connectivity index (χ0n) is 13.9. The van der Waals surface area contributed by atoms with Gasteiger partial charge >= 0.3 is 6.18 Å². The van der Waals surface area contributed by atoms with Crippen molar-refractivity contribution < 1.29 is 17.9 Å². The van der Waals surface area contributed by atoms with Gasteiger partial charge in [0.2, 0.25) is 0 Å². The monoisotopic (exact) mass is 372 g/mol. The minimum atomic E-state index is -4.31. The second kappa shape index (κ2) is 5.78. The average Bonchev–Trinajstić information content (AvgIpc) is 3.13. The van der Waals surface area contributed by atoms with Crippen molar-refractivity contribution in [1.29, 1.82) is 0 Å². The van der Waals surface area contributed by atoms with Crippen molar-refractivity contribution >= 4 is 11.3 Å². The number of alkyl halides is 3. The second-order valence-electron chi connectivity index (χ2n) is 6.88. The van der Waals surface area contributed by atoms with E-state index in [4.69, 9.17) is 4.74 Å². The molecule has 5 nitrogen and oxygen atoms in total. The van der Waals surface area contributed by atoms with Gasteiger partial charge in [-0.1, -0.05) is 5.21 Å². The molecule has 3 unspecified atom stereocenters. The number of piperidine rings is 1. The Morgan fingerprint density at radius 1 is 1.40 bits per heavy atom. The van der Waals surface area contributed by atoms with Crippen LogP contribution in [0.1, 0.15) is 46.8 Å². The molecule has 0 aromatic carbocycles. The van der Waals surface area contributed by atoms with E-state index >= 15 is 0 Å². The fraction of sp³-hybridized carbons (Fsp3) is 0.625. The summed E-state index contributed by atoms with van der Waals surface area (Å²) < 4.78 is 47.3. The fourth-order valence-corrected chi connectivity index (χ4v) is 5.08. The molecule has 2 aliphatic rings. The number of aromatic nitrogens is 3. The summed E-state index contributed by atoms with van der Waals surface area (Å²) in [6.07, 6.45) is -0.745. The third-order valence-corrected chi connectivity index (χ3v) is 6.16. The molecule has 2 aromatic rings. The van der Waals surface area contributed by atoms with Gasteiger partial charge in [0.05, 0.1) is 23.9 Å². The van der Waals surface area contributed by atoms with Crippen LogP contribution in [-0.4, -0.2) is 27.6 Å². The summed E-state index contributed by atoms with van der Waals surface area (Å²) in [6, 6.07) is 1.30. The first-order valence-electron chi connectivity index (χ1n) is 8.23. The van der Waals surface area contributed by atoms with E-state index in [0.717, 1.165) is 21.9 Å². The van der Waals surface area contributed by atoms with E-state index in [9.17, 15) is 13.2 Å². The van der Waals surface area contributed by atoms with E-state index in [1.165, 1.54) is 6.07 Å². The first kappa shape index (κ1) is 17.0. The zero-order valence-corrected chi connectivity index (χ0v) is 14.7. The Labute approximate surface area is 147 Å². The van der Waals surface area contributed by atoms with Crippen LogP contribution in [0.15, 0.2) is 12.3 Å². The van der Waals surface area contributed by atoms with Crippen LogP contribution in [0.25, 0.3) is 0 Å². The van der Waals surface area contributed by atoms with E-state index in [2.05, 4.69) is 15.6 Å². The molecule has 0 saturated carbocycles. The minimum Gasteiger partial charge on any atom is -0.370 e. The van der Waals surface area contributed by atoms with Gasteiger partial charge in [-0.2, -0.15) is 13.2 Å². The van der Waals surface area contributed by atoms with E-state index in [1.54, 1.807) is 11.7 Å². The van der Waals surface area contributed by atoms with Gasteiger partial charge in [-0.25, -0.2) is 0 Å². The highest BCUT2D eigenvalue weighted by Gasteiger charge is 2.47. The molecule has 9 heteroatoms. The lowest BCUT2D eigenvalue weighted by Crippen LogP contribution is -2.49. The Balaban J connectivity index is 1.73. The number of thiophene rings is 1. The maximum atomic E-state index is 13.2. The summed E-state index contributed by atoms with van der Waals surface area (Å²) >= 11 is 0.855. The van der Waals surface area contributed by atoms with Crippen molar-refractivity contribution in [2.75, 3.05) is 6.61 Å². The van der Waals surface area contributed by atoms with Crippen LogP contribution in [0.2, 0.25) is 0 Å². The van der Waals surface area contributed by atoms with E-state index in [0.29, 0.717) is 31.4 Å². The lowest BCUT2D eigenvalue weighted by atomic mass is 9.76. The van der Waals surface area contributed by atoms with E-state index in [1.807, 2.05) is 13.1 Å². The van der Waals surface area contributed by atoms with Crippen LogP contribution in [-0.2, 0) is 30.0 Å². The Morgan fingerprint density at radius 3 is 2.88 bits per heavy atom. The molecule has 0 bridgehead atoms. The minimum absolute atomic E-state index is 0.0981. The number of nitrogens with one attached hydrogen (secondary N) is 1. The Kier molecular flexibility index (Phi) is 3.93. The van der Waals surface area contributed by atoms with Gasteiger partial charge in [-0.3, -0.25) is 4.68 Å². The second-order valence-corrected chi connectivity index (χ2v) is 8.02. The smallest absolute Gasteiger partial charge is 0.370 e. The number of rotatable bonds is 1. The summed E-state index contributed by atoms with van der Waals surface area (Å²) in [7, 11) is 1.79. The zero-order chi connectivity index (χ0) is 17.8. The number of aryl methyl sites for hydroxylation is 1. The third kappa shape index (κ3) is 2.98. The molecule has 4 heterocycles. The van der Waals surface area contributed by atoms with Crippen LogP contribution in [0.4, 0.5) is 13.2 Å². The number of hydrogen-bond donors (Lipinski definition) is 1. The Morgan fingerprint density at radius 2 is 2.20 bits per heavy atom. The number of nitrogens with zero attached hydrogens (tertiary/aromatic N) is 3. The molecule has 1 spiro atoms. The molecule has 25 heavy (non-hydrogen) atoms. The van der Waals surface area contributed by atoms with Crippen molar-refractivity contribution in [3.05, 3.63) is 33.3 Å². The number of hydrogen-bond acceptors (Lipinski definition) is 5. The van der Waals surface area contributed by atoms with Gasteiger partial charge in [-0.15, -0.1) is 16.4 Å².